The van der Waals surface area contributed by atoms with E-state index in [-0.39, 0.29) is 11.3 Å². The molecule has 2 heterocycles. The molecular weight excluding hydrogens is 430 g/mol. The zero-order valence-electron chi connectivity index (χ0n) is 16.2. The Morgan fingerprint density at radius 1 is 0.903 bits per heavy atom. The molecule has 31 heavy (non-hydrogen) atoms. The number of anilines is 1. The summed E-state index contributed by atoms with van der Waals surface area (Å²) in [6, 6.07) is 22.9. The summed E-state index contributed by atoms with van der Waals surface area (Å²) in [6.45, 7) is 0. The molecule has 152 valence electrons. The second kappa shape index (κ2) is 7.69. The largest absolute Gasteiger partial charge is 0.507 e. The third-order valence-electron chi connectivity index (χ3n) is 5.41. The van der Waals surface area contributed by atoms with Gasteiger partial charge in [-0.1, -0.05) is 60.1 Å². The Balaban J connectivity index is 1.76. The quantitative estimate of drug-likeness (QED) is 0.232. The van der Waals surface area contributed by atoms with E-state index >= 15 is 0 Å². The van der Waals surface area contributed by atoms with E-state index in [2.05, 4.69) is 0 Å². The van der Waals surface area contributed by atoms with Gasteiger partial charge < -0.3 is 5.11 Å². The highest BCUT2D eigenvalue weighted by Gasteiger charge is 2.47. The van der Waals surface area contributed by atoms with Crippen molar-refractivity contribution < 1.29 is 14.7 Å². The number of hydrogen-bond acceptors (Lipinski definition) is 4. The number of nitrogens with zero attached hydrogens (tertiary/aromatic N) is 1. The maximum atomic E-state index is 13.2. The van der Waals surface area contributed by atoms with Gasteiger partial charge in [-0.2, -0.15) is 0 Å². The number of ketones is 1. The number of hydrogen-bond donors (Lipinski definition) is 1. The Morgan fingerprint density at radius 3 is 2.39 bits per heavy atom. The van der Waals surface area contributed by atoms with Crippen LogP contribution in [0.2, 0.25) is 5.02 Å². The predicted molar refractivity (Wildman–Crippen MR) is 125 cm³/mol. The number of Topliss-reactive ketones (excluding diaryl/α,β-unsaturated/α-hetero) is 1. The first-order valence-electron chi connectivity index (χ1n) is 9.64. The summed E-state index contributed by atoms with van der Waals surface area (Å²) in [6.07, 6.45) is 0. The fourth-order valence-corrected chi connectivity index (χ4v) is 4.94. The number of rotatable bonds is 3. The van der Waals surface area contributed by atoms with Gasteiger partial charge in [0.1, 0.15) is 11.8 Å². The Morgan fingerprint density at radius 2 is 1.65 bits per heavy atom. The lowest BCUT2D eigenvalue weighted by Crippen LogP contribution is -2.29. The monoisotopic (exact) mass is 445 g/mol. The average Bonchev–Trinajstić information content (AvgIpc) is 3.41. The van der Waals surface area contributed by atoms with E-state index < -0.39 is 17.7 Å². The molecule has 5 rings (SSSR count). The standard InChI is InChI=1S/C25H16ClNO3S/c26-16-10-12-17(13-11-16)27-22(20-9-4-14-31-20)21(24(29)25(27)30)23(28)19-8-3-6-15-5-1-2-7-18(15)19/h1-14,22,28H/b23-21-. The normalized spacial score (nSPS) is 18.1. The van der Waals surface area contributed by atoms with Crippen LogP contribution in [-0.4, -0.2) is 16.8 Å². The summed E-state index contributed by atoms with van der Waals surface area (Å²) in [7, 11) is 0. The fourth-order valence-electron chi connectivity index (χ4n) is 3.99. The predicted octanol–water partition coefficient (Wildman–Crippen LogP) is 6.18. The molecule has 4 nitrogen and oxygen atoms in total. The molecule has 1 amide bonds. The summed E-state index contributed by atoms with van der Waals surface area (Å²) >= 11 is 7.44. The second-order valence-corrected chi connectivity index (χ2v) is 8.60. The molecule has 1 aromatic heterocycles. The molecule has 1 atom stereocenters. The van der Waals surface area contributed by atoms with Gasteiger partial charge >= 0.3 is 0 Å². The summed E-state index contributed by atoms with van der Waals surface area (Å²) in [5.41, 5.74) is 1.15. The van der Waals surface area contributed by atoms with E-state index in [0.717, 1.165) is 15.6 Å². The van der Waals surface area contributed by atoms with E-state index in [9.17, 15) is 14.7 Å². The number of amides is 1. The van der Waals surface area contributed by atoms with Crippen LogP contribution in [0.3, 0.4) is 0 Å². The lowest BCUT2D eigenvalue weighted by atomic mass is 9.96. The van der Waals surface area contributed by atoms with Crippen LogP contribution in [0.15, 0.2) is 89.8 Å². The minimum atomic E-state index is -0.722. The Labute approximate surface area is 187 Å². The lowest BCUT2D eigenvalue weighted by molar-refractivity contribution is -0.132. The second-order valence-electron chi connectivity index (χ2n) is 7.19. The molecule has 0 spiro atoms. The number of aliphatic hydroxyl groups is 1. The van der Waals surface area contributed by atoms with Gasteiger partial charge in [-0.15, -0.1) is 11.3 Å². The van der Waals surface area contributed by atoms with Gasteiger partial charge in [0.05, 0.1) is 5.57 Å². The minimum Gasteiger partial charge on any atom is -0.507 e. The topological polar surface area (TPSA) is 57.6 Å². The maximum absolute atomic E-state index is 13.2. The van der Waals surface area contributed by atoms with Crippen molar-refractivity contribution in [3.63, 3.8) is 0 Å². The fraction of sp³-hybridized carbons (Fsp3) is 0.0400. The highest BCUT2D eigenvalue weighted by Crippen LogP contribution is 2.44. The van der Waals surface area contributed by atoms with Gasteiger partial charge in [0.2, 0.25) is 0 Å². The highest BCUT2D eigenvalue weighted by atomic mass is 35.5. The van der Waals surface area contributed by atoms with Gasteiger partial charge in [0, 0.05) is 21.2 Å². The van der Waals surface area contributed by atoms with E-state index in [4.69, 9.17) is 11.6 Å². The van der Waals surface area contributed by atoms with Gasteiger partial charge in [0.15, 0.2) is 0 Å². The molecule has 0 aliphatic carbocycles. The van der Waals surface area contributed by atoms with Crippen LogP contribution in [0.5, 0.6) is 0 Å². The van der Waals surface area contributed by atoms with Crippen LogP contribution >= 0.6 is 22.9 Å². The molecule has 1 N–H and O–H groups in total. The molecule has 1 saturated heterocycles. The molecule has 6 heteroatoms. The third kappa shape index (κ3) is 3.23. The third-order valence-corrected chi connectivity index (χ3v) is 6.58. The molecule has 1 unspecified atom stereocenters. The average molecular weight is 446 g/mol. The number of fused-ring (bicyclic) bond motifs is 1. The van der Waals surface area contributed by atoms with Gasteiger partial charge in [-0.25, -0.2) is 0 Å². The SMILES string of the molecule is O=C1C(=O)N(c2ccc(Cl)cc2)C(c2cccs2)/C1=C(/O)c1cccc2ccccc12. The number of carbonyl (C=O) groups is 2. The first-order valence-corrected chi connectivity index (χ1v) is 10.9. The van der Waals surface area contributed by atoms with Crippen molar-refractivity contribution in [2.24, 2.45) is 0 Å². The number of thiophene rings is 1. The lowest BCUT2D eigenvalue weighted by Gasteiger charge is -2.24. The van der Waals surface area contributed by atoms with Crippen molar-refractivity contribution in [1.29, 1.82) is 0 Å². The molecule has 1 fully saturated rings. The van der Waals surface area contributed by atoms with Crippen LogP contribution in [0.1, 0.15) is 16.5 Å². The molecule has 4 aromatic rings. The molecule has 1 aliphatic rings. The molecule has 0 saturated carbocycles. The molecular formula is C25H16ClNO3S. The first-order chi connectivity index (χ1) is 15.1. The minimum absolute atomic E-state index is 0.0822. The number of aliphatic hydroxyl groups excluding tert-OH is 1. The van der Waals surface area contributed by atoms with Crippen LogP contribution in [0.25, 0.3) is 16.5 Å². The van der Waals surface area contributed by atoms with E-state index in [0.29, 0.717) is 16.3 Å². The van der Waals surface area contributed by atoms with E-state index in [1.807, 2.05) is 53.9 Å². The molecule has 0 radical (unpaired) electrons. The maximum Gasteiger partial charge on any atom is 0.300 e. The summed E-state index contributed by atoms with van der Waals surface area (Å²) < 4.78 is 0. The number of carbonyl (C=O) groups excluding carboxylic acids is 2. The van der Waals surface area contributed by atoms with E-state index in [1.165, 1.54) is 16.2 Å². The number of benzene rings is 3. The first kappa shape index (κ1) is 19.5. The van der Waals surface area contributed by atoms with Crippen molar-refractivity contribution in [3.8, 4) is 0 Å². The van der Waals surface area contributed by atoms with Gasteiger partial charge in [-0.3, -0.25) is 14.5 Å². The molecule has 3 aromatic carbocycles. The number of halogens is 1. The van der Waals surface area contributed by atoms with Crippen LogP contribution in [-0.2, 0) is 9.59 Å². The summed E-state index contributed by atoms with van der Waals surface area (Å²) in [5, 5.41) is 15.5. The highest BCUT2D eigenvalue weighted by molar-refractivity contribution is 7.10. The zero-order chi connectivity index (χ0) is 21.5. The van der Waals surface area contributed by atoms with Crippen molar-refractivity contribution in [1.82, 2.24) is 0 Å². The van der Waals surface area contributed by atoms with Crippen molar-refractivity contribution in [2.75, 3.05) is 4.90 Å². The molecule has 1 aliphatic heterocycles. The Bertz CT molecular complexity index is 1340. The summed E-state index contributed by atoms with van der Waals surface area (Å²) in [4.78, 5) is 28.5. The smallest absolute Gasteiger partial charge is 0.300 e. The van der Waals surface area contributed by atoms with Gasteiger partial charge in [0.25, 0.3) is 11.7 Å². The van der Waals surface area contributed by atoms with Crippen molar-refractivity contribution >= 4 is 56.8 Å². The Hall–Kier alpha value is -3.41. The van der Waals surface area contributed by atoms with Crippen molar-refractivity contribution in [3.05, 3.63) is 105 Å². The van der Waals surface area contributed by atoms with Crippen LogP contribution in [0, 0.1) is 0 Å². The zero-order valence-corrected chi connectivity index (χ0v) is 17.7. The van der Waals surface area contributed by atoms with Crippen molar-refractivity contribution in [2.45, 2.75) is 6.04 Å². The summed E-state index contributed by atoms with van der Waals surface area (Å²) in [5.74, 6) is -1.56. The van der Waals surface area contributed by atoms with E-state index in [1.54, 1.807) is 30.3 Å². The molecule has 0 bridgehead atoms. The Kier molecular flexibility index (Phi) is 4.85. The van der Waals surface area contributed by atoms with Crippen LogP contribution in [0.4, 0.5) is 5.69 Å². The van der Waals surface area contributed by atoms with Gasteiger partial charge in [-0.05, 0) is 46.5 Å². The van der Waals surface area contributed by atoms with Crippen LogP contribution < -0.4 is 4.90 Å².